The molecule has 0 fully saturated rings. The maximum Gasteiger partial charge on any atom is 0.343 e. The average molecular weight is 423 g/mol. The Labute approximate surface area is 181 Å². The highest BCUT2D eigenvalue weighted by atomic mass is 35.5. The summed E-state index contributed by atoms with van der Waals surface area (Å²) in [5.41, 5.74) is 2.81. The number of esters is 1. The normalized spacial score (nSPS) is 11.3. The number of anilines is 1. The van der Waals surface area contributed by atoms with Gasteiger partial charge in [-0.15, -0.1) is 12.4 Å². The molecule has 4 rings (SSSR count). The van der Waals surface area contributed by atoms with E-state index in [9.17, 15) is 4.79 Å². The lowest BCUT2D eigenvalue weighted by Gasteiger charge is -2.15. The van der Waals surface area contributed by atoms with E-state index in [2.05, 4.69) is 10.3 Å². The van der Waals surface area contributed by atoms with Crippen LogP contribution in [0, 0.1) is 0 Å². The minimum absolute atomic E-state index is 0. The van der Waals surface area contributed by atoms with Gasteiger partial charge in [0, 0.05) is 30.9 Å². The van der Waals surface area contributed by atoms with Crippen LogP contribution in [-0.2, 0) is 0 Å². The first-order valence-electron chi connectivity index (χ1n) is 9.71. The molecule has 1 N–H and O–H groups in total. The number of benzene rings is 3. The topological polar surface area (TPSA) is 63.8 Å². The number of carbonyl (C=O) groups is 1. The smallest absolute Gasteiger partial charge is 0.343 e. The molecule has 5 nitrogen and oxygen atoms in total. The third-order valence-electron chi connectivity index (χ3n) is 4.58. The summed E-state index contributed by atoms with van der Waals surface area (Å²) in [7, 11) is 0. The fraction of sp³-hybridized carbons (Fsp3) is 0.167. The molecule has 0 bridgehead atoms. The van der Waals surface area contributed by atoms with Gasteiger partial charge in [-0.25, -0.2) is 4.79 Å². The molecule has 0 radical (unpaired) electrons. The largest absolute Gasteiger partial charge is 0.456 e. The Morgan fingerprint density at radius 1 is 1.03 bits per heavy atom. The number of rotatable bonds is 5. The zero-order valence-corrected chi connectivity index (χ0v) is 17.7. The van der Waals surface area contributed by atoms with Gasteiger partial charge < -0.3 is 14.5 Å². The molecule has 2 aromatic rings. The van der Waals surface area contributed by atoms with Crippen molar-refractivity contribution in [3.05, 3.63) is 77.7 Å². The standard InChI is InChI=1S/C24H22N2O3.ClH/c1-3-25-17-10-12-19-21(14-17)28-22-15-18(26-4-2)11-13-20(22)23(19)29-24(27)16-8-6-5-7-9-16;/h5-15,25H,3-4H2,1-2H3;1H. The Morgan fingerprint density at radius 2 is 1.83 bits per heavy atom. The van der Waals surface area contributed by atoms with E-state index in [1.165, 1.54) is 0 Å². The fourth-order valence-electron chi connectivity index (χ4n) is 3.27. The molecule has 1 aliphatic carbocycles. The molecule has 1 heterocycles. The van der Waals surface area contributed by atoms with E-state index in [0.29, 0.717) is 29.2 Å². The van der Waals surface area contributed by atoms with E-state index in [-0.39, 0.29) is 12.4 Å². The second-order valence-electron chi connectivity index (χ2n) is 6.58. The van der Waals surface area contributed by atoms with Gasteiger partial charge in [-0.3, -0.25) is 4.99 Å². The number of ether oxygens (including phenoxy) is 1. The zero-order valence-electron chi connectivity index (χ0n) is 16.8. The molecule has 2 aromatic carbocycles. The van der Waals surface area contributed by atoms with Crippen LogP contribution in [0.25, 0.3) is 22.3 Å². The summed E-state index contributed by atoms with van der Waals surface area (Å²) >= 11 is 0. The third-order valence-corrected chi connectivity index (χ3v) is 4.58. The number of hydrogen-bond acceptors (Lipinski definition) is 5. The quantitative estimate of drug-likeness (QED) is 0.339. The van der Waals surface area contributed by atoms with E-state index in [1.54, 1.807) is 12.1 Å². The highest BCUT2D eigenvalue weighted by Gasteiger charge is 2.20. The summed E-state index contributed by atoms with van der Waals surface area (Å²) in [6.07, 6.45) is 0. The molecule has 0 spiro atoms. The predicted molar refractivity (Wildman–Crippen MR) is 122 cm³/mol. The van der Waals surface area contributed by atoms with Crippen molar-refractivity contribution in [1.29, 1.82) is 0 Å². The lowest BCUT2D eigenvalue weighted by molar-refractivity contribution is 0.0737. The third kappa shape index (κ3) is 4.31. The predicted octanol–water partition coefficient (Wildman–Crippen LogP) is 5.53. The first-order chi connectivity index (χ1) is 14.2. The average Bonchev–Trinajstić information content (AvgIpc) is 2.74. The van der Waals surface area contributed by atoms with Gasteiger partial charge in [0.05, 0.1) is 21.9 Å². The summed E-state index contributed by atoms with van der Waals surface area (Å²) in [6.45, 7) is 5.50. The zero-order chi connectivity index (χ0) is 20.2. The number of nitrogens with zero attached hydrogens (tertiary/aromatic N) is 1. The number of halogens is 1. The number of nitrogens with one attached hydrogen (secondary N) is 1. The molecular weight excluding hydrogens is 400 g/mol. The van der Waals surface area contributed by atoms with Crippen molar-refractivity contribution in [2.75, 3.05) is 18.4 Å². The highest BCUT2D eigenvalue weighted by molar-refractivity contribution is 5.98. The molecule has 154 valence electrons. The first-order valence-corrected chi connectivity index (χ1v) is 9.71. The van der Waals surface area contributed by atoms with Gasteiger partial charge in [-0.05, 0) is 50.2 Å². The Balaban J connectivity index is 0.00000256. The van der Waals surface area contributed by atoms with Crippen LogP contribution >= 0.6 is 12.4 Å². The summed E-state index contributed by atoms with van der Waals surface area (Å²) in [6, 6.07) is 20.4. The van der Waals surface area contributed by atoms with E-state index >= 15 is 0 Å². The summed E-state index contributed by atoms with van der Waals surface area (Å²) in [5, 5.41) is 4.84. The van der Waals surface area contributed by atoms with Gasteiger partial charge in [0.2, 0.25) is 0 Å². The van der Waals surface area contributed by atoms with Gasteiger partial charge in [0.15, 0.2) is 5.75 Å². The van der Waals surface area contributed by atoms with Crippen LogP contribution in [0.1, 0.15) is 24.2 Å². The van der Waals surface area contributed by atoms with Crippen molar-refractivity contribution in [3.8, 4) is 17.1 Å². The Hall–Kier alpha value is -3.31. The van der Waals surface area contributed by atoms with E-state index in [0.717, 1.165) is 28.5 Å². The summed E-state index contributed by atoms with van der Waals surface area (Å²) in [5.74, 6) is 0.704. The van der Waals surface area contributed by atoms with Crippen LogP contribution in [0.5, 0.6) is 5.75 Å². The molecule has 0 saturated heterocycles. The second-order valence-corrected chi connectivity index (χ2v) is 6.58. The first kappa shape index (κ1) is 21.4. The molecule has 2 aliphatic rings. The minimum atomic E-state index is -0.405. The van der Waals surface area contributed by atoms with Crippen LogP contribution in [0.4, 0.5) is 5.69 Å². The summed E-state index contributed by atoms with van der Waals surface area (Å²) < 4.78 is 12.0. The molecule has 0 amide bonds. The second kappa shape index (κ2) is 9.46. The lowest BCUT2D eigenvalue weighted by atomic mass is 10.1. The monoisotopic (exact) mass is 422 g/mol. The number of fused-ring (bicyclic) bond motifs is 2. The van der Waals surface area contributed by atoms with Crippen molar-refractivity contribution < 1.29 is 13.9 Å². The van der Waals surface area contributed by atoms with Crippen molar-refractivity contribution in [2.24, 2.45) is 4.99 Å². The molecule has 0 saturated carbocycles. The van der Waals surface area contributed by atoms with Gasteiger partial charge in [-0.1, -0.05) is 18.2 Å². The maximum atomic E-state index is 12.8. The minimum Gasteiger partial charge on any atom is -0.456 e. The maximum absolute atomic E-state index is 12.8. The van der Waals surface area contributed by atoms with E-state index in [1.807, 2.05) is 68.4 Å². The van der Waals surface area contributed by atoms with Gasteiger partial charge >= 0.3 is 5.97 Å². The van der Waals surface area contributed by atoms with Gasteiger partial charge in [-0.2, -0.15) is 0 Å². The van der Waals surface area contributed by atoms with Gasteiger partial charge in [0.25, 0.3) is 0 Å². The molecular formula is C24H23ClN2O3. The fourth-order valence-corrected chi connectivity index (χ4v) is 3.27. The van der Waals surface area contributed by atoms with E-state index in [4.69, 9.17) is 9.15 Å². The Morgan fingerprint density at radius 3 is 2.57 bits per heavy atom. The van der Waals surface area contributed by atoms with Gasteiger partial charge in [0.1, 0.15) is 11.3 Å². The van der Waals surface area contributed by atoms with Crippen LogP contribution in [0.2, 0.25) is 0 Å². The number of carbonyl (C=O) groups excluding carboxylic acids is 1. The van der Waals surface area contributed by atoms with Crippen molar-refractivity contribution in [1.82, 2.24) is 0 Å². The van der Waals surface area contributed by atoms with Crippen molar-refractivity contribution >= 4 is 35.0 Å². The molecule has 0 unspecified atom stereocenters. The highest BCUT2D eigenvalue weighted by Crippen LogP contribution is 2.40. The molecule has 0 aromatic heterocycles. The van der Waals surface area contributed by atoms with Crippen molar-refractivity contribution in [2.45, 2.75) is 13.8 Å². The SMILES string of the molecule is CCN=c1ccc2c(OC(=O)c3ccccc3)c3ccc(NCC)cc3oc-2c1.Cl. The van der Waals surface area contributed by atoms with Crippen LogP contribution < -0.4 is 15.4 Å². The van der Waals surface area contributed by atoms with Crippen molar-refractivity contribution in [3.63, 3.8) is 0 Å². The molecule has 6 heteroatoms. The molecule has 30 heavy (non-hydrogen) atoms. The lowest BCUT2D eigenvalue weighted by Crippen LogP contribution is -2.11. The molecule has 1 aliphatic heterocycles. The Bertz CT molecular complexity index is 1200. The van der Waals surface area contributed by atoms with E-state index < -0.39 is 5.97 Å². The summed E-state index contributed by atoms with van der Waals surface area (Å²) in [4.78, 5) is 17.2. The molecule has 0 atom stereocenters. The van der Waals surface area contributed by atoms with Crippen LogP contribution in [0.3, 0.4) is 0 Å². The Kier molecular flexibility index (Phi) is 6.75. The van der Waals surface area contributed by atoms with Crippen LogP contribution in [-0.4, -0.2) is 19.1 Å². The number of hydrogen-bond donors (Lipinski definition) is 1. The van der Waals surface area contributed by atoms with Crippen LogP contribution in [0.15, 0.2) is 76.1 Å².